The third-order valence-corrected chi connectivity index (χ3v) is 6.40. The van der Waals surface area contributed by atoms with Gasteiger partial charge in [0.05, 0.1) is 18.4 Å². The molecule has 1 aromatic rings. The van der Waals surface area contributed by atoms with E-state index in [0.29, 0.717) is 37.7 Å². The molecule has 1 aromatic carbocycles. The molecule has 0 spiro atoms. The van der Waals surface area contributed by atoms with Gasteiger partial charge in [-0.25, -0.2) is 4.99 Å². The SMILES string of the molecule is CCNC(=NCc1ccc(C(=O)NC)cc1)NCCN1C(=O)C2C3C=CC(C3)C2C1=O.I. The van der Waals surface area contributed by atoms with Crippen molar-refractivity contribution in [2.24, 2.45) is 28.7 Å². The summed E-state index contributed by atoms with van der Waals surface area (Å²) in [6.45, 7) is 3.91. The average molecular weight is 551 g/mol. The first-order valence-electron chi connectivity index (χ1n) is 10.9. The van der Waals surface area contributed by atoms with Crippen molar-refractivity contribution in [1.82, 2.24) is 20.9 Å². The molecule has 2 aliphatic carbocycles. The van der Waals surface area contributed by atoms with Crippen LogP contribution < -0.4 is 16.0 Å². The summed E-state index contributed by atoms with van der Waals surface area (Å²) in [5.41, 5.74) is 1.58. The lowest BCUT2D eigenvalue weighted by Crippen LogP contribution is -2.43. The van der Waals surface area contributed by atoms with E-state index in [9.17, 15) is 14.4 Å². The van der Waals surface area contributed by atoms with Crippen molar-refractivity contribution in [3.8, 4) is 0 Å². The van der Waals surface area contributed by atoms with E-state index in [-0.39, 0.29) is 65.4 Å². The summed E-state index contributed by atoms with van der Waals surface area (Å²) in [5.74, 6) is 0.627. The fourth-order valence-electron chi connectivity index (χ4n) is 4.89. The number of nitrogens with zero attached hydrogens (tertiary/aromatic N) is 2. The zero-order valence-electron chi connectivity index (χ0n) is 18.3. The summed E-state index contributed by atoms with van der Waals surface area (Å²) >= 11 is 0. The van der Waals surface area contributed by atoms with E-state index in [2.05, 4.69) is 33.1 Å². The second-order valence-corrected chi connectivity index (χ2v) is 8.23. The van der Waals surface area contributed by atoms with Crippen molar-refractivity contribution in [1.29, 1.82) is 0 Å². The van der Waals surface area contributed by atoms with Crippen LogP contribution in [0, 0.1) is 23.7 Å². The van der Waals surface area contributed by atoms with Gasteiger partial charge in [-0.2, -0.15) is 0 Å². The van der Waals surface area contributed by atoms with Gasteiger partial charge in [0, 0.05) is 32.2 Å². The predicted octanol–water partition coefficient (Wildman–Crippen LogP) is 1.53. The zero-order valence-corrected chi connectivity index (χ0v) is 20.7. The molecule has 3 amide bonds. The molecule has 32 heavy (non-hydrogen) atoms. The lowest BCUT2D eigenvalue weighted by Gasteiger charge is -2.18. The molecular weight excluding hydrogens is 521 g/mol. The van der Waals surface area contributed by atoms with Crippen LogP contribution >= 0.6 is 24.0 Å². The third-order valence-electron chi connectivity index (χ3n) is 6.40. The molecule has 4 rings (SSSR count). The number of rotatable bonds is 7. The van der Waals surface area contributed by atoms with Crippen LogP contribution in [0.3, 0.4) is 0 Å². The number of carbonyl (C=O) groups is 3. The summed E-state index contributed by atoms with van der Waals surface area (Å²) in [4.78, 5) is 43.2. The molecule has 8 nitrogen and oxygen atoms in total. The monoisotopic (exact) mass is 551 g/mol. The van der Waals surface area contributed by atoms with Gasteiger partial charge in [-0.1, -0.05) is 24.3 Å². The molecule has 1 saturated carbocycles. The first-order valence-corrected chi connectivity index (χ1v) is 10.9. The Kier molecular flexibility index (Phi) is 7.91. The van der Waals surface area contributed by atoms with E-state index in [4.69, 9.17) is 0 Å². The van der Waals surface area contributed by atoms with Crippen molar-refractivity contribution < 1.29 is 14.4 Å². The Labute approximate surface area is 205 Å². The Bertz CT molecular complexity index is 900. The normalized spacial score (nSPS) is 25.6. The molecule has 1 heterocycles. The highest BCUT2D eigenvalue weighted by Crippen LogP contribution is 2.52. The van der Waals surface area contributed by atoms with Crippen LogP contribution in [-0.4, -0.2) is 55.3 Å². The number of hydrogen-bond donors (Lipinski definition) is 3. The first-order chi connectivity index (χ1) is 15.0. The Morgan fingerprint density at radius 1 is 1.06 bits per heavy atom. The van der Waals surface area contributed by atoms with Crippen molar-refractivity contribution in [2.75, 3.05) is 26.7 Å². The van der Waals surface area contributed by atoms with Crippen molar-refractivity contribution >= 4 is 47.7 Å². The maximum absolute atomic E-state index is 12.8. The minimum atomic E-state index is -0.151. The number of allylic oxidation sites excluding steroid dienone is 2. The van der Waals surface area contributed by atoms with Gasteiger partial charge >= 0.3 is 0 Å². The molecule has 9 heteroatoms. The van der Waals surface area contributed by atoms with E-state index < -0.39 is 0 Å². The smallest absolute Gasteiger partial charge is 0.251 e. The minimum Gasteiger partial charge on any atom is -0.357 e. The molecule has 0 aromatic heterocycles. The molecule has 3 aliphatic rings. The molecule has 4 unspecified atom stereocenters. The Hall–Kier alpha value is -2.43. The summed E-state index contributed by atoms with van der Waals surface area (Å²) in [6.07, 6.45) is 5.16. The Morgan fingerprint density at radius 2 is 1.69 bits per heavy atom. The highest BCUT2D eigenvalue weighted by atomic mass is 127. The number of likely N-dealkylation sites (tertiary alicyclic amines) is 1. The molecule has 3 N–H and O–H groups in total. The van der Waals surface area contributed by atoms with Crippen LogP contribution in [0.1, 0.15) is 29.3 Å². The molecule has 2 fully saturated rings. The standard InChI is InChI=1S/C23H29N5O3.HI/c1-3-25-23(27-13-14-4-6-15(7-5-14)20(29)24-2)26-10-11-28-21(30)18-16-8-9-17(12-16)19(18)22(28)31;/h4-9,16-19H,3,10-13H2,1-2H3,(H,24,29)(H2,25,26,27);1H. The van der Waals surface area contributed by atoms with Gasteiger partial charge in [-0.15, -0.1) is 24.0 Å². The molecule has 0 radical (unpaired) electrons. The molecule has 1 aliphatic heterocycles. The van der Waals surface area contributed by atoms with Gasteiger partial charge in [0.15, 0.2) is 5.96 Å². The van der Waals surface area contributed by atoms with Gasteiger partial charge < -0.3 is 16.0 Å². The summed E-state index contributed by atoms with van der Waals surface area (Å²) in [5, 5.41) is 8.99. The average Bonchev–Trinajstić information content (AvgIpc) is 3.47. The van der Waals surface area contributed by atoms with Crippen LogP contribution in [-0.2, 0) is 16.1 Å². The lowest BCUT2D eigenvalue weighted by atomic mass is 9.85. The van der Waals surface area contributed by atoms with Crippen LogP contribution in [0.4, 0.5) is 0 Å². The Morgan fingerprint density at radius 3 is 2.25 bits per heavy atom. The molecular formula is C23H30IN5O3. The highest BCUT2D eigenvalue weighted by Gasteiger charge is 2.58. The quantitative estimate of drug-likeness (QED) is 0.157. The summed E-state index contributed by atoms with van der Waals surface area (Å²) in [6, 6.07) is 7.29. The van der Waals surface area contributed by atoms with Gasteiger partial charge in [0.25, 0.3) is 5.91 Å². The number of carbonyl (C=O) groups excluding carboxylic acids is 3. The largest absolute Gasteiger partial charge is 0.357 e. The number of aliphatic imine (C=N–C) groups is 1. The molecule has 172 valence electrons. The minimum absolute atomic E-state index is 0. The van der Waals surface area contributed by atoms with E-state index >= 15 is 0 Å². The predicted molar refractivity (Wildman–Crippen MR) is 133 cm³/mol. The van der Waals surface area contributed by atoms with Gasteiger partial charge in [0.1, 0.15) is 0 Å². The Balaban J connectivity index is 0.00000289. The number of benzene rings is 1. The molecule has 1 saturated heterocycles. The number of hydrogen-bond acceptors (Lipinski definition) is 4. The zero-order chi connectivity index (χ0) is 22.0. The number of halogens is 1. The van der Waals surface area contributed by atoms with Gasteiger partial charge in [0.2, 0.25) is 11.8 Å². The highest BCUT2D eigenvalue weighted by molar-refractivity contribution is 14.0. The van der Waals surface area contributed by atoms with Crippen molar-refractivity contribution in [3.63, 3.8) is 0 Å². The second kappa shape index (κ2) is 10.5. The van der Waals surface area contributed by atoms with Crippen molar-refractivity contribution in [3.05, 3.63) is 47.5 Å². The number of guanidine groups is 1. The fourth-order valence-corrected chi connectivity index (χ4v) is 4.89. The van der Waals surface area contributed by atoms with Gasteiger partial charge in [-0.05, 0) is 42.9 Å². The summed E-state index contributed by atoms with van der Waals surface area (Å²) in [7, 11) is 1.60. The number of amides is 3. The van der Waals surface area contributed by atoms with Crippen LogP contribution in [0.15, 0.2) is 41.4 Å². The molecule has 4 atom stereocenters. The van der Waals surface area contributed by atoms with Gasteiger partial charge in [-0.3, -0.25) is 19.3 Å². The first kappa shape index (κ1) is 24.2. The lowest BCUT2D eigenvalue weighted by molar-refractivity contribution is -0.140. The fraction of sp³-hybridized carbons (Fsp3) is 0.478. The molecule has 2 bridgehead atoms. The van der Waals surface area contributed by atoms with Crippen LogP contribution in [0.2, 0.25) is 0 Å². The van der Waals surface area contributed by atoms with Crippen molar-refractivity contribution in [2.45, 2.75) is 19.9 Å². The van der Waals surface area contributed by atoms with E-state index in [0.717, 1.165) is 12.0 Å². The number of nitrogens with one attached hydrogen (secondary N) is 3. The maximum atomic E-state index is 12.8. The third kappa shape index (κ3) is 4.67. The topological polar surface area (TPSA) is 103 Å². The maximum Gasteiger partial charge on any atom is 0.251 e. The van der Waals surface area contributed by atoms with E-state index in [1.165, 1.54) is 4.90 Å². The number of fused-ring (bicyclic) bond motifs is 5. The van der Waals surface area contributed by atoms with E-state index in [1.54, 1.807) is 19.2 Å². The summed E-state index contributed by atoms with van der Waals surface area (Å²) < 4.78 is 0. The second-order valence-electron chi connectivity index (χ2n) is 8.23. The van der Waals surface area contributed by atoms with Crippen LogP contribution in [0.5, 0.6) is 0 Å². The van der Waals surface area contributed by atoms with E-state index in [1.807, 2.05) is 19.1 Å². The number of imide groups is 1. The van der Waals surface area contributed by atoms with Crippen LogP contribution in [0.25, 0.3) is 0 Å².